The number of carbonyl (C=O) groups is 2. The number of ketones is 1. The predicted molar refractivity (Wildman–Crippen MR) is 98.1 cm³/mol. The molecule has 1 atom stereocenters. The summed E-state index contributed by atoms with van der Waals surface area (Å²) >= 11 is 0. The van der Waals surface area contributed by atoms with E-state index in [0.29, 0.717) is 11.5 Å². The molecule has 27 heavy (non-hydrogen) atoms. The van der Waals surface area contributed by atoms with Crippen molar-refractivity contribution in [1.29, 1.82) is 0 Å². The maximum Gasteiger partial charge on any atom is 0.252 e. The Balaban J connectivity index is 1.87. The fourth-order valence-electron chi connectivity index (χ4n) is 2.91. The van der Waals surface area contributed by atoms with Gasteiger partial charge in [-0.15, -0.1) is 0 Å². The first kappa shape index (κ1) is 18.3. The van der Waals surface area contributed by atoms with Gasteiger partial charge in [0, 0.05) is 19.7 Å². The van der Waals surface area contributed by atoms with Gasteiger partial charge in [0.15, 0.2) is 11.7 Å². The number of rotatable bonds is 4. The van der Waals surface area contributed by atoms with E-state index in [1.165, 1.54) is 15.6 Å². The molecule has 0 spiro atoms. The lowest BCUT2D eigenvalue weighted by Gasteiger charge is -2.32. The highest BCUT2D eigenvalue weighted by atomic mass is 16.2. The number of aliphatic imine (C=N–C) groups is 1. The summed E-state index contributed by atoms with van der Waals surface area (Å²) in [5.41, 5.74) is 6.50. The van der Waals surface area contributed by atoms with Crippen molar-refractivity contribution in [2.24, 2.45) is 17.8 Å². The molecule has 1 amide bonds. The first-order valence-electron chi connectivity index (χ1n) is 8.25. The van der Waals surface area contributed by atoms with Gasteiger partial charge in [0.05, 0.1) is 19.2 Å². The Morgan fingerprint density at radius 3 is 2.78 bits per heavy atom. The van der Waals surface area contributed by atoms with Crippen LogP contribution < -0.4 is 5.73 Å². The summed E-state index contributed by atoms with van der Waals surface area (Å²) in [6.07, 6.45) is 1.83. The highest BCUT2D eigenvalue weighted by Gasteiger charge is 2.37. The van der Waals surface area contributed by atoms with Crippen molar-refractivity contribution in [2.75, 3.05) is 7.05 Å². The quantitative estimate of drug-likeness (QED) is 0.646. The Morgan fingerprint density at radius 2 is 2.15 bits per heavy atom. The lowest BCUT2D eigenvalue weighted by atomic mass is 9.90. The van der Waals surface area contributed by atoms with E-state index in [0.717, 1.165) is 5.56 Å². The molecule has 0 saturated heterocycles. The summed E-state index contributed by atoms with van der Waals surface area (Å²) < 4.78 is 1.38. The number of hydrogen-bond donors (Lipinski definition) is 1. The topological polar surface area (TPSA) is 111 Å². The molecule has 1 unspecified atom stereocenters. The normalized spacial score (nSPS) is 19.6. The minimum atomic E-state index is -0.880. The minimum Gasteiger partial charge on any atom is -0.369 e. The van der Waals surface area contributed by atoms with Crippen LogP contribution in [0.15, 0.2) is 29.4 Å². The van der Waals surface area contributed by atoms with Crippen molar-refractivity contribution in [2.45, 2.75) is 25.3 Å². The Bertz CT molecular complexity index is 1000. The van der Waals surface area contributed by atoms with Crippen LogP contribution in [-0.2, 0) is 23.8 Å². The molecule has 138 valence electrons. The molecule has 0 saturated carbocycles. The predicted octanol–water partition coefficient (Wildman–Crippen LogP) is 1.18. The molecule has 1 aliphatic rings. The molecular weight excluding hydrogens is 346 g/mol. The van der Waals surface area contributed by atoms with Gasteiger partial charge in [-0.2, -0.15) is 0 Å². The molecule has 2 aromatic heterocycles. The van der Waals surface area contributed by atoms with E-state index in [1.807, 2.05) is 0 Å². The SMILES string of the molecule is [C-]#[N+]c1cc(C(=O)Cc2ccnc(C3(C)CC(=O)N(C)C(N)=N3)c2)nn1C. The second-order valence-electron chi connectivity index (χ2n) is 6.65. The third-order valence-corrected chi connectivity index (χ3v) is 4.57. The molecule has 9 heteroatoms. The van der Waals surface area contributed by atoms with Crippen LogP contribution in [0.4, 0.5) is 5.82 Å². The molecule has 9 nitrogen and oxygen atoms in total. The van der Waals surface area contributed by atoms with Gasteiger partial charge in [-0.3, -0.25) is 19.5 Å². The monoisotopic (exact) mass is 365 g/mol. The highest BCUT2D eigenvalue weighted by Crippen LogP contribution is 2.32. The Kier molecular flexibility index (Phi) is 4.49. The number of nitrogens with zero attached hydrogens (tertiary/aromatic N) is 6. The lowest BCUT2D eigenvalue weighted by Crippen LogP contribution is -2.47. The number of aryl methyl sites for hydroxylation is 1. The summed E-state index contributed by atoms with van der Waals surface area (Å²) in [7, 11) is 3.20. The molecule has 3 heterocycles. The molecule has 2 aromatic rings. The second-order valence-corrected chi connectivity index (χ2v) is 6.65. The number of pyridine rings is 1. The average molecular weight is 365 g/mol. The van der Waals surface area contributed by atoms with Crippen LogP contribution in [0, 0.1) is 6.57 Å². The van der Waals surface area contributed by atoms with E-state index in [1.54, 1.807) is 39.3 Å². The third-order valence-electron chi connectivity index (χ3n) is 4.57. The van der Waals surface area contributed by atoms with Crippen LogP contribution in [0.2, 0.25) is 0 Å². The lowest BCUT2D eigenvalue weighted by molar-refractivity contribution is -0.128. The number of aromatic nitrogens is 3. The van der Waals surface area contributed by atoms with Crippen molar-refractivity contribution in [3.05, 3.63) is 52.8 Å². The van der Waals surface area contributed by atoms with E-state index >= 15 is 0 Å². The van der Waals surface area contributed by atoms with E-state index in [9.17, 15) is 9.59 Å². The molecule has 1 aliphatic heterocycles. The smallest absolute Gasteiger partial charge is 0.252 e. The van der Waals surface area contributed by atoms with Gasteiger partial charge >= 0.3 is 0 Å². The van der Waals surface area contributed by atoms with Crippen LogP contribution in [0.25, 0.3) is 4.85 Å². The van der Waals surface area contributed by atoms with Crippen molar-refractivity contribution in [1.82, 2.24) is 19.7 Å². The van der Waals surface area contributed by atoms with E-state index in [-0.39, 0.29) is 36.2 Å². The molecular formula is C18H19N7O2. The summed E-state index contributed by atoms with van der Waals surface area (Å²) in [6, 6.07) is 4.96. The maximum atomic E-state index is 12.5. The van der Waals surface area contributed by atoms with E-state index in [4.69, 9.17) is 12.3 Å². The van der Waals surface area contributed by atoms with Crippen LogP contribution in [0.1, 0.15) is 35.1 Å². The fourth-order valence-corrected chi connectivity index (χ4v) is 2.91. The van der Waals surface area contributed by atoms with Gasteiger partial charge in [-0.05, 0) is 30.7 Å². The van der Waals surface area contributed by atoms with Gasteiger partial charge in [0.25, 0.3) is 5.82 Å². The van der Waals surface area contributed by atoms with Crippen LogP contribution in [0.3, 0.4) is 0 Å². The van der Waals surface area contributed by atoms with Crippen molar-refractivity contribution in [3.63, 3.8) is 0 Å². The van der Waals surface area contributed by atoms with Crippen molar-refractivity contribution in [3.8, 4) is 0 Å². The Hall–Kier alpha value is -3.54. The molecule has 0 aromatic carbocycles. The standard InChI is InChI=1S/C18H19N7O2/c1-18(10-16(27)24(3)17(19)22-18)14-8-11(5-6-21-14)7-13(26)12-9-15(20-2)25(4)23-12/h5-6,8-9H,7,10H2,1,3-4H3,(H2,19,22). The molecule has 3 rings (SSSR count). The summed E-state index contributed by atoms with van der Waals surface area (Å²) in [5.74, 6) is 0.0897. The van der Waals surface area contributed by atoms with Gasteiger partial charge in [-0.25, -0.2) is 9.67 Å². The zero-order chi connectivity index (χ0) is 19.8. The van der Waals surface area contributed by atoms with Crippen molar-refractivity contribution >= 4 is 23.5 Å². The largest absolute Gasteiger partial charge is 0.369 e. The van der Waals surface area contributed by atoms with E-state index < -0.39 is 5.54 Å². The van der Waals surface area contributed by atoms with Crippen LogP contribution in [0.5, 0.6) is 0 Å². The first-order valence-corrected chi connectivity index (χ1v) is 8.25. The van der Waals surface area contributed by atoms with Gasteiger partial charge in [-0.1, -0.05) is 11.7 Å². The summed E-state index contributed by atoms with van der Waals surface area (Å²) in [4.78, 5) is 38.0. The van der Waals surface area contributed by atoms with Gasteiger partial charge in [0.1, 0.15) is 11.2 Å². The number of carbonyl (C=O) groups excluding carboxylic acids is 2. The van der Waals surface area contributed by atoms with Crippen molar-refractivity contribution < 1.29 is 9.59 Å². The molecule has 0 radical (unpaired) electrons. The molecule has 2 N–H and O–H groups in total. The van der Waals surface area contributed by atoms with Gasteiger partial charge < -0.3 is 10.6 Å². The molecule has 0 aliphatic carbocycles. The number of Topliss-reactive ketones (excluding diaryl/α,β-unsaturated/α-hetero) is 1. The summed E-state index contributed by atoms with van der Waals surface area (Å²) in [6.45, 7) is 8.85. The summed E-state index contributed by atoms with van der Waals surface area (Å²) in [5, 5.41) is 4.08. The van der Waals surface area contributed by atoms with Crippen LogP contribution in [-0.4, -0.2) is 44.4 Å². The second kappa shape index (κ2) is 6.64. The van der Waals surface area contributed by atoms with Gasteiger partial charge in [0.2, 0.25) is 5.91 Å². The highest BCUT2D eigenvalue weighted by molar-refractivity contribution is 5.99. The Labute approximate surface area is 156 Å². The molecule has 0 bridgehead atoms. The number of nitrogens with two attached hydrogens (primary N) is 1. The van der Waals surface area contributed by atoms with E-state index in [2.05, 4.69) is 19.9 Å². The van der Waals surface area contributed by atoms with Crippen LogP contribution >= 0.6 is 0 Å². The number of amides is 1. The number of guanidine groups is 1. The fraction of sp³-hybridized carbons (Fsp3) is 0.333. The Morgan fingerprint density at radius 1 is 1.41 bits per heavy atom. The zero-order valence-corrected chi connectivity index (χ0v) is 15.3. The first-order chi connectivity index (χ1) is 12.7. The molecule has 0 fully saturated rings. The number of hydrogen-bond acceptors (Lipinski definition) is 6. The minimum absolute atomic E-state index is 0.104. The zero-order valence-electron chi connectivity index (χ0n) is 15.3. The third kappa shape index (κ3) is 3.42. The average Bonchev–Trinajstić information content (AvgIpc) is 3.01. The maximum absolute atomic E-state index is 12.5.